The fourth-order valence-electron chi connectivity index (χ4n) is 3.35. The largest absolute Gasteiger partial charge is 0.368 e. The zero-order valence-electron chi connectivity index (χ0n) is 16.2. The Balaban J connectivity index is 1.77. The van der Waals surface area contributed by atoms with E-state index >= 15 is 0 Å². The molecular weight excluding hydrogens is 398 g/mol. The van der Waals surface area contributed by atoms with Crippen LogP contribution in [0.2, 0.25) is 5.02 Å². The van der Waals surface area contributed by atoms with Crippen LogP contribution < -0.4 is 9.62 Å². The molecule has 6 nitrogen and oxygen atoms in total. The van der Waals surface area contributed by atoms with Gasteiger partial charge in [-0.25, -0.2) is 13.1 Å². The molecule has 1 fully saturated rings. The van der Waals surface area contributed by atoms with E-state index in [1.165, 1.54) is 42.1 Å². The molecule has 2 aromatic rings. The summed E-state index contributed by atoms with van der Waals surface area (Å²) in [5.41, 5.74) is 3.88. The minimum atomic E-state index is -3.64. The van der Waals surface area contributed by atoms with Crippen LogP contribution >= 0.6 is 11.6 Å². The highest BCUT2D eigenvalue weighted by Crippen LogP contribution is 2.26. The zero-order valence-corrected chi connectivity index (χ0v) is 17.8. The fraction of sp³-hybridized carbons (Fsp3) is 0.350. The van der Waals surface area contributed by atoms with Gasteiger partial charge >= 0.3 is 0 Å². The van der Waals surface area contributed by atoms with Crippen molar-refractivity contribution in [2.24, 2.45) is 0 Å². The Hall–Kier alpha value is -2.09. The average Bonchev–Trinajstić information content (AvgIpc) is 2.70. The summed E-state index contributed by atoms with van der Waals surface area (Å²) in [6, 6.07) is 10.4. The average molecular weight is 422 g/mol. The minimum absolute atomic E-state index is 0.0248. The summed E-state index contributed by atoms with van der Waals surface area (Å²) >= 11 is 6.19. The van der Waals surface area contributed by atoms with Crippen molar-refractivity contribution < 1.29 is 13.2 Å². The van der Waals surface area contributed by atoms with Crippen LogP contribution in [0.15, 0.2) is 41.3 Å². The number of nitrogens with zero attached hydrogens (tertiary/aromatic N) is 2. The number of aryl methyl sites for hydroxylation is 1. The molecule has 1 heterocycles. The molecule has 0 radical (unpaired) electrons. The number of anilines is 1. The lowest BCUT2D eigenvalue weighted by Gasteiger charge is -2.37. The number of rotatable bonds is 4. The van der Waals surface area contributed by atoms with E-state index in [1.54, 1.807) is 4.90 Å². The van der Waals surface area contributed by atoms with Gasteiger partial charge in [0.15, 0.2) is 0 Å². The first kappa shape index (κ1) is 20.6. The summed E-state index contributed by atoms with van der Waals surface area (Å²) in [4.78, 5) is 17.0. The Labute approximate surface area is 171 Å². The number of piperazine rings is 1. The predicted octanol–water partition coefficient (Wildman–Crippen LogP) is 2.83. The van der Waals surface area contributed by atoms with Crippen molar-refractivity contribution in [1.82, 2.24) is 9.62 Å². The molecule has 1 amide bonds. The van der Waals surface area contributed by atoms with Crippen molar-refractivity contribution >= 4 is 33.2 Å². The van der Waals surface area contributed by atoms with E-state index in [-0.39, 0.29) is 21.4 Å². The maximum Gasteiger partial charge on any atom is 0.255 e. The summed E-state index contributed by atoms with van der Waals surface area (Å²) in [7, 11) is -2.31. The highest BCUT2D eigenvalue weighted by molar-refractivity contribution is 7.89. The van der Waals surface area contributed by atoms with Crippen LogP contribution in [0.25, 0.3) is 0 Å². The van der Waals surface area contributed by atoms with Crippen molar-refractivity contribution in [2.45, 2.75) is 18.7 Å². The third-order valence-corrected chi connectivity index (χ3v) is 6.97. The first-order chi connectivity index (χ1) is 13.2. The number of carbonyl (C=O) groups is 1. The van der Waals surface area contributed by atoms with E-state index in [9.17, 15) is 13.2 Å². The van der Waals surface area contributed by atoms with E-state index in [2.05, 4.69) is 35.6 Å². The normalized spacial score (nSPS) is 15.0. The van der Waals surface area contributed by atoms with Crippen LogP contribution in [-0.2, 0) is 10.0 Å². The van der Waals surface area contributed by atoms with Gasteiger partial charge in [0, 0.05) is 31.9 Å². The van der Waals surface area contributed by atoms with Crippen LogP contribution in [0.1, 0.15) is 21.5 Å². The van der Waals surface area contributed by atoms with Gasteiger partial charge in [0.25, 0.3) is 5.91 Å². The van der Waals surface area contributed by atoms with Crippen LogP contribution in [0.3, 0.4) is 0 Å². The molecule has 0 saturated carbocycles. The SMILES string of the molecule is CNS(=O)(=O)c1ccc(Cl)c(C(=O)N2CCN(c3cccc(C)c3C)CC2)c1. The number of carbonyl (C=O) groups excluding carboxylic acids is 1. The molecule has 0 spiro atoms. The van der Waals surface area contributed by atoms with E-state index in [0.29, 0.717) is 26.2 Å². The first-order valence-corrected chi connectivity index (χ1v) is 10.9. The number of benzene rings is 2. The Morgan fingerprint density at radius 3 is 2.39 bits per heavy atom. The lowest BCUT2D eigenvalue weighted by molar-refractivity contribution is 0.0746. The summed E-state index contributed by atoms with van der Waals surface area (Å²) < 4.78 is 26.3. The van der Waals surface area contributed by atoms with Crippen LogP contribution in [-0.4, -0.2) is 52.5 Å². The van der Waals surface area contributed by atoms with Gasteiger partial charge in [-0.3, -0.25) is 4.79 Å². The third-order valence-electron chi connectivity index (χ3n) is 5.23. The number of halogens is 1. The summed E-state index contributed by atoms with van der Waals surface area (Å²) in [5, 5.41) is 0.247. The maximum atomic E-state index is 13.0. The van der Waals surface area contributed by atoms with E-state index in [4.69, 9.17) is 11.6 Å². The Bertz CT molecular complexity index is 1000. The lowest BCUT2D eigenvalue weighted by Crippen LogP contribution is -2.49. The summed E-state index contributed by atoms with van der Waals surface area (Å²) in [6.45, 7) is 6.71. The molecule has 1 aliphatic heterocycles. The van der Waals surface area contributed by atoms with Crippen LogP contribution in [0, 0.1) is 13.8 Å². The highest BCUT2D eigenvalue weighted by Gasteiger charge is 2.26. The standard InChI is InChI=1S/C20H24ClN3O3S/c1-14-5-4-6-19(15(14)2)23-9-11-24(12-10-23)20(25)17-13-16(7-8-18(17)21)28(26,27)22-3/h4-8,13,22H,9-12H2,1-3H3. The van der Waals surface area contributed by atoms with Crippen molar-refractivity contribution in [2.75, 3.05) is 38.1 Å². The molecular formula is C20H24ClN3O3S. The van der Waals surface area contributed by atoms with Gasteiger partial charge in [0.2, 0.25) is 10.0 Å². The predicted molar refractivity (Wildman–Crippen MR) is 112 cm³/mol. The Morgan fingerprint density at radius 2 is 1.75 bits per heavy atom. The fourth-order valence-corrected chi connectivity index (χ4v) is 4.31. The smallest absolute Gasteiger partial charge is 0.255 e. The molecule has 0 atom stereocenters. The quantitative estimate of drug-likeness (QED) is 0.824. The van der Waals surface area contributed by atoms with Crippen molar-refractivity contribution in [3.63, 3.8) is 0 Å². The van der Waals surface area contributed by atoms with E-state index < -0.39 is 10.0 Å². The second-order valence-corrected chi connectivity index (χ2v) is 9.14. The van der Waals surface area contributed by atoms with Gasteiger partial charge in [-0.2, -0.15) is 0 Å². The molecule has 2 aromatic carbocycles. The first-order valence-electron chi connectivity index (χ1n) is 9.08. The van der Waals surface area contributed by atoms with Gasteiger partial charge < -0.3 is 9.80 Å². The third kappa shape index (κ3) is 4.01. The molecule has 8 heteroatoms. The summed E-state index contributed by atoms with van der Waals surface area (Å²) in [6.07, 6.45) is 0. The molecule has 0 aliphatic carbocycles. The number of nitrogens with one attached hydrogen (secondary N) is 1. The molecule has 0 unspecified atom stereocenters. The monoisotopic (exact) mass is 421 g/mol. The molecule has 150 valence electrons. The van der Waals surface area contributed by atoms with E-state index in [1.807, 2.05) is 6.07 Å². The maximum absolute atomic E-state index is 13.0. The van der Waals surface area contributed by atoms with Gasteiger partial charge in [-0.05, 0) is 56.3 Å². The van der Waals surface area contributed by atoms with Crippen molar-refractivity contribution in [3.8, 4) is 0 Å². The molecule has 1 N–H and O–H groups in total. The van der Waals surface area contributed by atoms with Gasteiger partial charge in [-0.1, -0.05) is 23.7 Å². The van der Waals surface area contributed by atoms with Crippen LogP contribution in [0.4, 0.5) is 5.69 Å². The minimum Gasteiger partial charge on any atom is -0.368 e. The molecule has 0 aromatic heterocycles. The summed E-state index contributed by atoms with van der Waals surface area (Å²) in [5.74, 6) is -0.251. The number of amides is 1. The van der Waals surface area contributed by atoms with Crippen molar-refractivity contribution in [3.05, 3.63) is 58.1 Å². The van der Waals surface area contributed by atoms with Gasteiger partial charge in [0.05, 0.1) is 15.5 Å². The zero-order chi connectivity index (χ0) is 20.5. The lowest BCUT2D eigenvalue weighted by atomic mass is 10.1. The van der Waals surface area contributed by atoms with Gasteiger partial charge in [-0.15, -0.1) is 0 Å². The van der Waals surface area contributed by atoms with Crippen LogP contribution in [0.5, 0.6) is 0 Å². The number of sulfonamides is 1. The topological polar surface area (TPSA) is 69.7 Å². The molecule has 1 saturated heterocycles. The molecule has 0 bridgehead atoms. The second kappa shape index (κ2) is 8.11. The molecule has 1 aliphatic rings. The Morgan fingerprint density at radius 1 is 1.07 bits per heavy atom. The number of hydrogen-bond donors (Lipinski definition) is 1. The van der Waals surface area contributed by atoms with Crippen molar-refractivity contribution in [1.29, 1.82) is 0 Å². The van der Waals surface area contributed by atoms with Gasteiger partial charge in [0.1, 0.15) is 0 Å². The Kier molecular flexibility index (Phi) is 5.98. The second-order valence-electron chi connectivity index (χ2n) is 6.85. The molecule has 3 rings (SSSR count). The number of hydrogen-bond acceptors (Lipinski definition) is 4. The molecule has 28 heavy (non-hydrogen) atoms. The van der Waals surface area contributed by atoms with E-state index in [0.717, 1.165) is 0 Å². The highest BCUT2D eigenvalue weighted by atomic mass is 35.5.